The highest BCUT2D eigenvalue weighted by molar-refractivity contribution is 5.95. The van der Waals surface area contributed by atoms with E-state index in [1.54, 1.807) is 4.68 Å². The zero-order valence-electron chi connectivity index (χ0n) is 18.8. The van der Waals surface area contributed by atoms with Crippen LogP contribution in [0.25, 0.3) is 16.9 Å². The first kappa shape index (κ1) is 20.9. The summed E-state index contributed by atoms with van der Waals surface area (Å²) < 4.78 is 1.80. The van der Waals surface area contributed by atoms with Crippen molar-refractivity contribution < 1.29 is 4.79 Å². The SMILES string of the molecule is Cc1cc(C)n(-c2ccc(N3CCN(C(=O)c4ccc(-c5ccccc5)cc4)CC3)nn2)n1. The first-order valence-electron chi connectivity index (χ1n) is 11.2. The lowest BCUT2D eigenvalue weighted by Gasteiger charge is -2.35. The van der Waals surface area contributed by atoms with Crippen LogP contribution in [0.4, 0.5) is 5.82 Å². The van der Waals surface area contributed by atoms with Gasteiger partial charge in [-0.1, -0.05) is 42.5 Å². The van der Waals surface area contributed by atoms with Crippen molar-refractivity contribution in [2.24, 2.45) is 0 Å². The van der Waals surface area contributed by atoms with Gasteiger partial charge in [-0.3, -0.25) is 4.79 Å². The zero-order chi connectivity index (χ0) is 22.8. The Hall–Kier alpha value is -4.00. The van der Waals surface area contributed by atoms with Gasteiger partial charge in [0.25, 0.3) is 5.91 Å². The van der Waals surface area contributed by atoms with Crippen LogP contribution in [0.1, 0.15) is 21.7 Å². The molecule has 2 aromatic heterocycles. The van der Waals surface area contributed by atoms with Gasteiger partial charge < -0.3 is 9.80 Å². The molecule has 5 rings (SSSR count). The fraction of sp³-hybridized carbons (Fsp3) is 0.231. The van der Waals surface area contributed by atoms with E-state index in [0.29, 0.717) is 18.9 Å². The van der Waals surface area contributed by atoms with Crippen LogP contribution in [0.3, 0.4) is 0 Å². The van der Waals surface area contributed by atoms with Crippen molar-refractivity contribution >= 4 is 11.7 Å². The summed E-state index contributed by atoms with van der Waals surface area (Å²) in [5.74, 6) is 1.59. The lowest BCUT2D eigenvalue weighted by Crippen LogP contribution is -2.49. The summed E-state index contributed by atoms with van der Waals surface area (Å²) in [6.07, 6.45) is 0. The van der Waals surface area contributed by atoms with Crippen LogP contribution in [0, 0.1) is 13.8 Å². The summed E-state index contributed by atoms with van der Waals surface area (Å²) in [5, 5.41) is 13.2. The topological polar surface area (TPSA) is 67.2 Å². The third-order valence-electron chi connectivity index (χ3n) is 5.99. The van der Waals surface area contributed by atoms with E-state index >= 15 is 0 Å². The molecule has 1 saturated heterocycles. The summed E-state index contributed by atoms with van der Waals surface area (Å²) in [6.45, 7) is 6.72. The quantitative estimate of drug-likeness (QED) is 0.483. The number of hydrogen-bond donors (Lipinski definition) is 0. The van der Waals surface area contributed by atoms with E-state index in [9.17, 15) is 4.79 Å². The molecule has 0 aliphatic carbocycles. The number of aromatic nitrogens is 4. The number of nitrogens with zero attached hydrogens (tertiary/aromatic N) is 6. The van der Waals surface area contributed by atoms with Crippen LogP contribution < -0.4 is 4.90 Å². The predicted molar refractivity (Wildman–Crippen MR) is 129 cm³/mol. The molecule has 1 amide bonds. The summed E-state index contributed by atoms with van der Waals surface area (Å²) in [6, 6.07) is 24.0. The normalized spacial score (nSPS) is 13.9. The average molecular weight is 439 g/mol. The Labute approximate surface area is 193 Å². The van der Waals surface area contributed by atoms with E-state index in [-0.39, 0.29) is 5.91 Å². The van der Waals surface area contributed by atoms with Gasteiger partial charge in [-0.2, -0.15) is 5.10 Å². The molecule has 7 nitrogen and oxygen atoms in total. The number of piperazine rings is 1. The molecule has 1 aliphatic rings. The number of carbonyl (C=O) groups is 1. The molecule has 1 fully saturated rings. The van der Waals surface area contributed by atoms with E-state index in [1.807, 2.05) is 79.4 Å². The highest BCUT2D eigenvalue weighted by Crippen LogP contribution is 2.21. The summed E-state index contributed by atoms with van der Waals surface area (Å²) in [7, 11) is 0. The molecule has 2 aromatic carbocycles. The standard InChI is InChI=1S/C26H26N6O/c1-19-18-20(2)32(29-19)25-13-12-24(27-28-25)30-14-16-31(17-15-30)26(33)23-10-8-22(9-11-23)21-6-4-3-5-7-21/h3-13,18H,14-17H2,1-2H3. The maximum Gasteiger partial charge on any atom is 0.253 e. The zero-order valence-corrected chi connectivity index (χ0v) is 18.8. The van der Waals surface area contributed by atoms with Crippen molar-refractivity contribution in [1.82, 2.24) is 24.9 Å². The van der Waals surface area contributed by atoms with E-state index in [4.69, 9.17) is 0 Å². The average Bonchev–Trinajstić information content (AvgIpc) is 3.22. The molecule has 0 atom stereocenters. The van der Waals surface area contributed by atoms with Crippen molar-refractivity contribution in [2.45, 2.75) is 13.8 Å². The molecule has 0 unspecified atom stereocenters. The second kappa shape index (κ2) is 8.86. The highest BCUT2D eigenvalue weighted by atomic mass is 16.2. The van der Waals surface area contributed by atoms with Crippen molar-refractivity contribution in [3.63, 3.8) is 0 Å². The smallest absolute Gasteiger partial charge is 0.253 e. The molecule has 0 N–H and O–H groups in total. The van der Waals surface area contributed by atoms with Crippen molar-refractivity contribution in [1.29, 1.82) is 0 Å². The van der Waals surface area contributed by atoms with Crippen LogP contribution in [-0.4, -0.2) is 57.0 Å². The fourth-order valence-corrected chi connectivity index (χ4v) is 4.22. The molecule has 7 heteroatoms. The number of benzene rings is 2. The van der Waals surface area contributed by atoms with Crippen molar-refractivity contribution in [2.75, 3.05) is 31.1 Å². The molecule has 0 saturated carbocycles. The highest BCUT2D eigenvalue weighted by Gasteiger charge is 2.23. The molecule has 33 heavy (non-hydrogen) atoms. The minimum absolute atomic E-state index is 0.0696. The Bertz CT molecular complexity index is 1240. The van der Waals surface area contributed by atoms with Gasteiger partial charge in [0.2, 0.25) is 0 Å². The van der Waals surface area contributed by atoms with E-state index in [1.165, 1.54) is 0 Å². The van der Waals surface area contributed by atoms with Crippen LogP contribution in [0.15, 0.2) is 72.8 Å². The molecular weight excluding hydrogens is 412 g/mol. The monoisotopic (exact) mass is 438 g/mol. The van der Waals surface area contributed by atoms with E-state index in [0.717, 1.165) is 47.0 Å². The summed E-state index contributed by atoms with van der Waals surface area (Å²) in [4.78, 5) is 17.1. The van der Waals surface area contributed by atoms with Gasteiger partial charge >= 0.3 is 0 Å². The third kappa shape index (κ3) is 4.35. The molecule has 1 aliphatic heterocycles. The Balaban J connectivity index is 1.21. The minimum atomic E-state index is 0.0696. The van der Waals surface area contributed by atoms with Crippen LogP contribution in [0.2, 0.25) is 0 Å². The lowest BCUT2D eigenvalue weighted by atomic mass is 10.0. The van der Waals surface area contributed by atoms with Gasteiger partial charge in [-0.15, -0.1) is 10.2 Å². The first-order valence-corrected chi connectivity index (χ1v) is 11.2. The van der Waals surface area contributed by atoms with Gasteiger partial charge in [0, 0.05) is 37.4 Å². The van der Waals surface area contributed by atoms with Gasteiger partial charge in [0.15, 0.2) is 11.6 Å². The second-order valence-corrected chi connectivity index (χ2v) is 8.31. The molecular formula is C26H26N6O. The Morgan fingerprint density at radius 3 is 2.00 bits per heavy atom. The number of rotatable bonds is 4. The summed E-state index contributed by atoms with van der Waals surface area (Å²) in [5.41, 5.74) is 4.96. The Morgan fingerprint density at radius 1 is 0.758 bits per heavy atom. The second-order valence-electron chi connectivity index (χ2n) is 8.31. The fourth-order valence-electron chi connectivity index (χ4n) is 4.22. The van der Waals surface area contributed by atoms with E-state index < -0.39 is 0 Å². The number of aryl methyl sites for hydroxylation is 2. The maximum absolute atomic E-state index is 13.0. The lowest BCUT2D eigenvalue weighted by molar-refractivity contribution is 0.0746. The summed E-state index contributed by atoms with van der Waals surface area (Å²) >= 11 is 0. The maximum atomic E-state index is 13.0. The number of anilines is 1. The van der Waals surface area contributed by atoms with Gasteiger partial charge in [0.05, 0.1) is 5.69 Å². The molecule has 4 aromatic rings. The minimum Gasteiger partial charge on any atom is -0.352 e. The molecule has 0 bridgehead atoms. The van der Waals surface area contributed by atoms with Crippen LogP contribution in [-0.2, 0) is 0 Å². The Morgan fingerprint density at radius 2 is 1.39 bits per heavy atom. The molecule has 166 valence electrons. The van der Waals surface area contributed by atoms with Crippen LogP contribution in [0.5, 0.6) is 0 Å². The number of hydrogen-bond acceptors (Lipinski definition) is 5. The van der Waals surface area contributed by atoms with Gasteiger partial charge in [0.1, 0.15) is 0 Å². The first-order chi connectivity index (χ1) is 16.1. The van der Waals surface area contributed by atoms with Crippen molar-refractivity contribution in [3.8, 4) is 16.9 Å². The number of amides is 1. The molecule has 3 heterocycles. The van der Waals surface area contributed by atoms with Gasteiger partial charge in [-0.25, -0.2) is 4.68 Å². The predicted octanol–water partition coefficient (Wildman–Crippen LogP) is 3.91. The third-order valence-corrected chi connectivity index (χ3v) is 5.99. The van der Waals surface area contributed by atoms with Crippen LogP contribution >= 0.6 is 0 Å². The largest absolute Gasteiger partial charge is 0.352 e. The Kier molecular flexibility index (Phi) is 5.60. The molecule has 0 radical (unpaired) electrons. The molecule has 0 spiro atoms. The van der Waals surface area contributed by atoms with E-state index in [2.05, 4.69) is 32.3 Å². The van der Waals surface area contributed by atoms with Crippen molar-refractivity contribution in [3.05, 3.63) is 89.7 Å². The van der Waals surface area contributed by atoms with Gasteiger partial charge in [-0.05, 0) is 55.3 Å². The number of carbonyl (C=O) groups excluding carboxylic acids is 1.